The van der Waals surface area contributed by atoms with Crippen LogP contribution in [0.1, 0.15) is 58.4 Å². The monoisotopic (exact) mass is 415 g/mol. The number of hydrogen-bond acceptors (Lipinski definition) is 5. The Bertz CT molecular complexity index is 770. The minimum Gasteiger partial charge on any atom is -0.459 e. The van der Waals surface area contributed by atoms with Gasteiger partial charge in [-0.05, 0) is 51.5 Å². The fraction of sp³-hybridized carbons (Fsp3) is 0.667. The van der Waals surface area contributed by atoms with E-state index >= 15 is 0 Å². The fourth-order valence-electron chi connectivity index (χ4n) is 5.10. The summed E-state index contributed by atoms with van der Waals surface area (Å²) in [6.45, 7) is 5.63. The van der Waals surface area contributed by atoms with Crippen molar-refractivity contribution < 1.29 is 24.2 Å². The Kier molecular flexibility index (Phi) is 5.80. The molecule has 4 fully saturated rings. The summed E-state index contributed by atoms with van der Waals surface area (Å²) in [7, 11) is 0. The molecule has 6 nitrogen and oxygen atoms in total. The summed E-state index contributed by atoms with van der Waals surface area (Å²) in [5, 5.41) is 11.1. The number of ether oxygens (including phenoxy) is 2. The predicted molar refractivity (Wildman–Crippen MR) is 111 cm³/mol. The van der Waals surface area contributed by atoms with Crippen molar-refractivity contribution in [3.05, 3.63) is 35.9 Å². The smallest absolute Gasteiger partial charge is 0.411 e. The highest BCUT2D eigenvalue weighted by Gasteiger charge is 2.58. The topological polar surface area (TPSA) is 76.1 Å². The lowest BCUT2D eigenvalue weighted by Crippen LogP contribution is -2.69. The first kappa shape index (κ1) is 21.2. The Morgan fingerprint density at radius 1 is 1.10 bits per heavy atom. The van der Waals surface area contributed by atoms with Crippen LogP contribution < -0.4 is 0 Å². The Hall–Kier alpha value is -2.08. The highest BCUT2D eigenvalue weighted by molar-refractivity contribution is 5.83. The van der Waals surface area contributed by atoms with E-state index < -0.39 is 29.8 Å². The van der Waals surface area contributed by atoms with Crippen molar-refractivity contribution in [2.75, 3.05) is 0 Å². The average Bonchev–Trinajstić information content (AvgIpc) is 3.51. The van der Waals surface area contributed by atoms with E-state index in [0.717, 1.165) is 24.8 Å². The number of benzene rings is 1. The zero-order valence-electron chi connectivity index (χ0n) is 18.1. The summed E-state index contributed by atoms with van der Waals surface area (Å²) in [5.74, 6) is -0.132. The molecule has 2 aliphatic carbocycles. The van der Waals surface area contributed by atoms with Gasteiger partial charge in [0.25, 0.3) is 0 Å². The Morgan fingerprint density at radius 2 is 1.80 bits per heavy atom. The van der Waals surface area contributed by atoms with Gasteiger partial charge in [0, 0.05) is 17.9 Å². The molecule has 2 bridgehead atoms. The predicted octanol–water partition coefficient (Wildman–Crippen LogP) is 3.90. The molecule has 4 aliphatic rings. The van der Waals surface area contributed by atoms with Crippen molar-refractivity contribution in [2.45, 2.75) is 83.3 Å². The molecule has 0 radical (unpaired) electrons. The number of fused-ring (bicyclic) bond motifs is 3. The summed E-state index contributed by atoms with van der Waals surface area (Å²) in [6, 6.07) is 8.50. The van der Waals surface area contributed by atoms with E-state index in [1.807, 2.05) is 51.1 Å². The van der Waals surface area contributed by atoms with Gasteiger partial charge in [-0.15, -0.1) is 0 Å². The van der Waals surface area contributed by atoms with Gasteiger partial charge in [-0.2, -0.15) is 0 Å². The van der Waals surface area contributed by atoms with Crippen molar-refractivity contribution in [2.24, 2.45) is 17.8 Å². The van der Waals surface area contributed by atoms with Gasteiger partial charge >= 0.3 is 12.1 Å². The number of hydrogen-bond donors (Lipinski definition) is 1. The second-order valence-electron chi connectivity index (χ2n) is 10.1. The van der Waals surface area contributed by atoms with Gasteiger partial charge in [0.15, 0.2) is 0 Å². The number of amides is 1. The van der Waals surface area contributed by atoms with Crippen LogP contribution in [-0.2, 0) is 20.9 Å². The number of rotatable bonds is 5. The van der Waals surface area contributed by atoms with E-state index in [2.05, 4.69) is 0 Å². The number of esters is 1. The second kappa shape index (κ2) is 8.22. The first-order valence-electron chi connectivity index (χ1n) is 11.1. The summed E-state index contributed by atoms with van der Waals surface area (Å²) < 4.78 is 11.3. The van der Waals surface area contributed by atoms with Gasteiger partial charge in [0.1, 0.15) is 18.2 Å². The molecular weight excluding hydrogens is 382 g/mol. The van der Waals surface area contributed by atoms with E-state index in [1.54, 1.807) is 4.90 Å². The third-order valence-electron chi connectivity index (χ3n) is 6.60. The zero-order chi connectivity index (χ0) is 21.5. The van der Waals surface area contributed by atoms with Gasteiger partial charge in [-0.25, -0.2) is 9.59 Å². The molecule has 2 aliphatic heterocycles. The lowest BCUT2D eigenvalue weighted by atomic mass is 9.65. The second-order valence-corrected chi connectivity index (χ2v) is 10.1. The van der Waals surface area contributed by atoms with Gasteiger partial charge in [0.05, 0.1) is 6.10 Å². The molecule has 1 aromatic carbocycles. The van der Waals surface area contributed by atoms with Crippen LogP contribution in [0.2, 0.25) is 0 Å². The van der Waals surface area contributed by atoms with Crippen molar-refractivity contribution in [1.29, 1.82) is 0 Å². The molecule has 30 heavy (non-hydrogen) atoms. The third-order valence-corrected chi connectivity index (χ3v) is 6.60. The van der Waals surface area contributed by atoms with Crippen LogP contribution >= 0.6 is 0 Å². The first-order valence-corrected chi connectivity index (χ1v) is 11.1. The van der Waals surface area contributed by atoms with Crippen molar-refractivity contribution in [1.82, 2.24) is 4.90 Å². The molecule has 0 spiro atoms. The summed E-state index contributed by atoms with van der Waals surface area (Å²) in [5.41, 5.74) is 0.236. The number of aliphatic hydroxyl groups is 1. The Balaban J connectivity index is 1.55. The molecule has 2 saturated carbocycles. The van der Waals surface area contributed by atoms with Gasteiger partial charge in [-0.3, -0.25) is 4.90 Å². The van der Waals surface area contributed by atoms with Crippen LogP contribution in [0.25, 0.3) is 0 Å². The van der Waals surface area contributed by atoms with Gasteiger partial charge in [0.2, 0.25) is 0 Å². The fourth-order valence-corrected chi connectivity index (χ4v) is 5.10. The van der Waals surface area contributed by atoms with Crippen LogP contribution in [0.15, 0.2) is 30.3 Å². The van der Waals surface area contributed by atoms with Crippen molar-refractivity contribution in [3.63, 3.8) is 0 Å². The Labute approximate surface area is 178 Å². The van der Waals surface area contributed by atoms with E-state index in [-0.39, 0.29) is 24.5 Å². The molecule has 0 aromatic heterocycles. The SMILES string of the molecule is CC(C)(C)OC(=O)N1[C@H](C(=O)OCc2ccccc2)[C@@H]2CC[C@H]1C(CC1CC1)[C@@H]2O. The quantitative estimate of drug-likeness (QED) is 0.738. The molecule has 164 valence electrons. The molecular formula is C24H33NO5. The largest absolute Gasteiger partial charge is 0.459 e. The molecule has 1 amide bonds. The number of aliphatic hydroxyl groups excluding tert-OH is 1. The number of carbonyl (C=O) groups excluding carboxylic acids is 2. The standard InChI is InChI=1S/C24H33NO5/c1-24(2,3)30-23(28)25-19-12-11-17(21(26)18(19)13-15-9-10-15)20(25)22(27)29-14-16-7-5-4-6-8-16/h4-8,15,17-21,26H,9-14H2,1-3H3/t17-,18?,19-,20-,21+/m0/s1. The Morgan fingerprint density at radius 3 is 2.43 bits per heavy atom. The third kappa shape index (κ3) is 4.48. The molecule has 2 heterocycles. The summed E-state index contributed by atoms with van der Waals surface area (Å²) >= 11 is 0. The molecule has 1 unspecified atom stereocenters. The lowest BCUT2D eigenvalue weighted by Gasteiger charge is -2.55. The van der Waals surface area contributed by atoms with Crippen LogP contribution in [0.4, 0.5) is 4.79 Å². The highest BCUT2D eigenvalue weighted by atomic mass is 16.6. The van der Waals surface area contributed by atoms with E-state index in [9.17, 15) is 14.7 Å². The van der Waals surface area contributed by atoms with E-state index in [0.29, 0.717) is 5.92 Å². The molecule has 1 aromatic rings. The normalized spacial score (nSPS) is 30.8. The molecule has 5 rings (SSSR count). The van der Waals surface area contributed by atoms with Crippen LogP contribution in [-0.4, -0.2) is 45.9 Å². The van der Waals surface area contributed by atoms with Crippen molar-refractivity contribution in [3.8, 4) is 0 Å². The minimum absolute atomic E-state index is 0.00180. The van der Waals surface area contributed by atoms with Crippen molar-refractivity contribution >= 4 is 12.1 Å². The minimum atomic E-state index is -0.798. The first-order chi connectivity index (χ1) is 14.2. The number of carbonyl (C=O) groups is 2. The van der Waals surface area contributed by atoms with Crippen LogP contribution in [0, 0.1) is 17.8 Å². The molecule has 5 atom stereocenters. The number of nitrogens with zero attached hydrogens (tertiary/aromatic N) is 1. The number of piperidine rings is 2. The van der Waals surface area contributed by atoms with E-state index in [1.165, 1.54) is 12.8 Å². The summed E-state index contributed by atoms with van der Waals surface area (Å²) in [4.78, 5) is 27.9. The zero-order valence-corrected chi connectivity index (χ0v) is 18.1. The average molecular weight is 416 g/mol. The van der Waals surface area contributed by atoms with Gasteiger partial charge in [-0.1, -0.05) is 43.2 Å². The molecule has 6 heteroatoms. The maximum Gasteiger partial charge on any atom is 0.411 e. The van der Waals surface area contributed by atoms with E-state index in [4.69, 9.17) is 9.47 Å². The molecule has 1 N–H and O–H groups in total. The maximum atomic E-state index is 13.2. The summed E-state index contributed by atoms with van der Waals surface area (Å²) in [6.07, 6.45) is 3.74. The molecule has 2 saturated heterocycles. The highest BCUT2D eigenvalue weighted by Crippen LogP contribution is 2.49. The van der Waals surface area contributed by atoms with Gasteiger partial charge < -0.3 is 14.6 Å². The lowest BCUT2D eigenvalue weighted by molar-refractivity contribution is -0.176. The van der Waals surface area contributed by atoms with Crippen LogP contribution in [0.3, 0.4) is 0 Å². The maximum absolute atomic E-state index is 13.2. The van der Waals surface area contributed by atoms with Crippen LogP contribution in [0.5, 0.6) is 0 Å².